The molecule has 2 heterocycles. The van der Waals surface area contributed by atoms with E-state index in [1.165, 1.54) is 12.1 Å². The lowest BCUT2D eigenvalue weighted by Crippen LogP contribution is -2.68. The normalized spacial score (nSPS) is 22.9. The Labute approximate surface area is 201 Å². The van der Waals surface area contributed by atoms with Gasteiger partial charge in [0.15, 0.2) is 12.3 Å². The molecule has 0 radical (unpaired) electrons. The van der Waals surface area contributed by atoms with Gasteiger partial charge >= 0.3 is 5.97 Å². The van der Waals surface area contributed by atoms with Gasteiger partial charge in [0.05, 0.1) is 4.90 Å². The second-order valence-electron chi connectivity index (χ2n) is 8.21. The van der Waals surface area contributed by atoms with Gasteiger partial charge < -0.3 is 35.7 Å². The number of ether oxygens (including phenoxy) is 2. The lowest BCUT2D eigenvalue weighted by molar-refractivity contribution is -0.418. The van der Waals surface area contributed by atoms with Crippen LogP contribution < -0.4 is 11.5 Å². The van der Waals surface area contributed by atoms with Crippen LogP contribution in [0, 0.1) is 12.8 Å². The first-order chi connectivity index (χ1) is 16.2. The molecule has 1 aliphatic heterocycles. The summed E-state index contributed by atoms with van der Waals surface area (Å²) in [5, 5.41) is 23.9. The van der Waals surface area contributed by atoms with Gasteiger partial charge in [-0.1, -0.05) is 31.5 Å². The summed E-state index contributed by atoms with van der Waals surface area (Å²) in [5.41, 5.74) is 9.69. The van der Waals surface area contributed by atoms with Crippen LogP contribution in [0.15, 0.2) is 35.5 Å². The molecule has 194 valence electrons. The van der Waals surface area contributed by atoms with E-state index in [0.29, 0.717) is 0 Å². The van der Waals surface area contributed by atoms with Crippen molar-refractivity contribution in [2.24, 2.45) is 11.7 Å². The lowest BCUT2D eigenvalue weighted by Gasteiger charge is -2.16. The molecule has 1 fully saturated rings. The Morgan fingerprint density at radius 1 is 1.26 bits per heavy atom. The van der Waals surface area contributed by atoms with E-state index in [1.54, 1.807) is 12.1 Å². The van der Waals surface area contributed by atoms with Crippen LogP contribution in [0.4, 0.5) is 0 Å². The highest BCUT2D eigenvalue weighted by molar-refractivity contribution is 7.85. The molecule has 0 bridgehead atoms. The summed E-state index contributed by atoms with van der Waals surface area (Å²) in [5.74, 6) is -1.59. The molecule has 3 rings (SSSR count). The summed E-state index contributed by atoms with van der Waals surface area (Å²) < 4.78 is 42.8. The van der Waals surface area contributed by atoms with Crippen LogP contribution in [0.3, 0.4) is 0 Å². The third-order valence-corrected chi connectivity index (χ3v) is 5.98. The summed E-state index contributed by atoms with van der Waals surface area (Å²) in [6.45, 7) is 5.24. The second-order valence-corrected chi connectivity index (χ2v) is 9.59. The van der Waals surface area contributed by atoms with E-state index in [2.05, 4.69) is 15.8 Å². The standard InChI is InChI=1S/C13H21N5O6.C7H8O3S/c1-5(2)7(14)13(22)23-3-6-8(19)9(20)12(24-6)18-4-16-11(17-18)10(15)21;1-6-2-4-7(5-3-6)11(8,9)10/h4-9,12,19-20H,3,14H2,1-2H3,(H2,15,21);2-5H,1H3,(H,8,9,10)/t6-,7?,8-,9-,12-;/m0./s1. The zero-order valence-corrected chi connectivity index (χ0v) is 20.2. The van der Waals surface area contributed by atoms with Crippen LogP contribution in [-0.4, -0.2) is 80.8 Å². The molecule has 14 nitrogen and oxygen atoms in total. The van der Waals surface area contributed by atoms with Crippen molar-refractivity contribution in [1.82, 2.24) is 14.8 Å². The average molecular weight is 516 g/mol. The molecule has 7 N–H and O–H groups in total. The monoisotopic (exact) mass is 515 g/mol. The van der Waals surface area contributed by atoms with Gasteiger partial charge in [-0.25, -0.2) is 22.9 Å². The summed E-state index contributed by atoms with van der Waals surface area (Å²) >= 11 is 0. The van der Waals surface area contributed by atoms with E-state index in [0.717, 1.165) is 16.6 Å². The van der Waals surface area contributed by atoms with E-state index in [1.807, 2.05) is 20.8 Å². The zero-order chi connectivity index (χ0) is 26.5. The molecule has 1 aromatic carbocycles. The number of esters is 1. The van der Waals surface area contributed by atoms with Gasteiger partial charge in [0.2, 0.25) is 5.82 Å². The fourth-order valence-corrected chi connectivity index (χ4v) is 3.31. The van der Waals surface area contributed by atoms with Crippen molar-refractivity contribution in [2.45, 2.75) is 56.2 Å². The van der Waals surface area contributed by atoms with E-state index in [-0.39, 0.29) is 23.2 Å². The largest absolute Gasteiger partial charge is 0.744 e. The van der Waals surface area contributed by atoms with Crippen LogP contribution in [0.5, 0.6) is 0 Å². The van der Waals surface area contributed by atoms with Crippen molar-refractivity contribution >= 4 is 22.0 Å². The van der Waals surface area contributed by atoms with Gasteiger partial charge in [-0.05, 0) is 19.1 Å². The Morgan fingerprint density at radius 3 is 2.34 bits per heavy atom. The Morgan fingerprint density at radius 2 is 1.86 bits per heavy atom. The first-order valence-electron chi connectivity index (χ1n) is 10.5. The van der Waals surface area contributed by atoms with Crippen molar-refractivity contribution in [3.05, 3.63) is 42.0 Å². The van der Waals surface area contributed by atoms with Crippen molar-refractivity contribution in [1.29, 1.82) is 0 Å². The average Bonchev–Trinajstić information content (AvgIpc) is 3.37. The minimum Gasteiger partial charge on any atom is -0.744 e. The lowest BCUT2D eigenvalue weighted by atomic mass is 10.1. The van der Waals surface area contributed by atoms with E-state index >= 15 is 0 Å². The number of carbonyl (C=O) groups is 2. The molecule has 1 aromatic heterocycles. The van der Waals surface area contributed by atoms with Crippen LogP contribution in [-0.2, 0) is 24.4 Å². The highest BCUT2D eigenvalue weighted by atomic mass is 32.2. The zero-order valence-electron chi connectivity index (χ0n) is 19.3. The first-order valence-corrected chi connectivity index (χ1v) is 11.9. The Balaban J connectivity index is 0.000000328. The number of amides is 1. The number of carbonyl (C=O) groups excluding carboxylic acids is 2. The van der Waals surface area contributed by atoms with E-state index in [9.17, 15) is 32.8 Å². The maximum absolute atomic E-state index is 11.8. The number of aryl methyl sites for hydroxylation is 1. The number of nitrogens with zero attached hydrogens (tertiary/aromatic N) is 3. The topological polar surface area (TPSA) is 235 Å². The number of aliphatic hydroxyl groups excluding tert-OH is 2. The summed E-state index contributed by atoms with van der Waals surface area (Å²) in [7, 11) is -4.27. The maximum Gasteiger partial charge on any atom is 0.365 e. The third kappa shape index (κ3) is 7.51. The molecule has 5 atom stereocenters. The molecule has 15 heteroatoms. The van der Waals surface area contributed by atoms with Gasteiger partial charge in [0.25, 0.3) is 5.91 Å². The Kier molecular flexibility index (Phi) is 9.42. The predicted molar refractivity (Wildman–Crippen MR) is 116 cm³/mol. The molecule has 2 aromatic rings. The summed E-state index contributed by atoms with van der Waals surface area (Å²) in [4.78, 5) is 26.3. The summed E-state index contributed by atoms with van der Waals surface area (Å²) in [6, 6.07) is 5.24. The highest BCUT2D eigenvalue weighted by Gasteiger charge is 2.45. The minimum atomic E-state index is -4.27. The molecule has 35 heavy (non-hydrogen) atoms. The fourth-order valence-electron chi connectivity index (χ4n) is 2.84. The van der Waals surface area contributed by atoms with Crippen molar-refractivity contribution in [3.8, 4) is 0 Å². The molecular weight excluding hydrogens is 486 g/mol. The molecule has 1 saturated heterocycles. The predicted octanol–water partition coefficient (Wildman–Crippen LogP) is -2.29. The number of quaternary nitrogens is 1. The highest BCUT2D eigenvalue weighted by Crippen LogP contribution is 2.29. The number of aliphatic hydroxyl groups is 2. The molecule has 1 amide bonds. The second kappa shape index (κ2) is 11.7. The van der Waals surface area contributed by atoms with Gasteiger partial charge in [-0.3, -0.25) is 4.79 Å². The quantitative estimate of drug-likeness (QED) is 0.226. The number of hydrogen-bond acceptors (Lipinski definition) is 11. The van der Waals surface area contributed by atoms with Crippen molar-refractivity contribution in [2.75, 3.05) is 6.61 Å². The molecule has 1 unspecified atom stereocenters. The molecule has 0 saturated carbocycles. The van der Waals surface area contributed by atoms with Gasteiger partial charge in [0, 0.05) is 5.92 Å². The van der Waals surface area contributed by atoms with Crippen LogP contribution >= 0.6 is 0 Å². The van der Waals surface area contributed by atoms with Gasteiger partial charge in [-0.2, -0.15) is 0 Å². The van der Waals surface area contributed by atoms with E-state index in [4.69, 9.17) is 15.2 Å². The van der Waals surface area contributed by atoms with Crippen LogP contribution in [0.1, 0.15) is 36.3 Å². The molecule has 0 spiro atoms. The summed E-state index contributed by atoms with van der Waals surface area (Å²) in [6.07, 6.45) is -3.51. The van der Waals surface area contributed by atoms with Gasteiger partial charge in [0.1, 0.15) is 41.4 Å². The van der Waals surface area contributed by atoms with Crippen molar-refractivity contribution in [3.63, 3.8) is 0 Å². The molecule has 1 aliphatic rings. The van der Waals surface area contributed by atoms with Crippen LogP contribution in [0.25, 0.3) is 0 Å². The smallest absolute Gasteiger partial charge is 0.365 e. The number of aromatic nitrogens is 3. The minimum absolute atomic E-state index is 0.00706. The van der Waals surface area contributed by atoms with Crippen molar-refractivity contribution < 1.29 is 48.0 Å². The maximum atomic E-state index is 11.8. The number of nitrogens with two attached hydrogens (primary N) is 1. The molecular formula is C20H29N5O9S. The van der Waals surface area contributed by atoms with E-state index < -0.39 is 52.6 Å². The number of benzene rings is 1. The SMILES string of the molecule is CC(C)C([NH3+])C(=O)OC[C@@H]1O[C@H](n2cnc(C(N)=O)n2)[C@@H](O)[C@H]1O.Cc1ccc(S(=O)(=O)[O-])cc1. The number of primary amides is 1. The number of hydrogen-bond donors (Lipinski definition) is 4. The van der Waals surface area contributed by atoms with Gasteiger partial charge in [-0.15, -0.1) is 5.10 Å². The van der Waals surface area contributed by atoms with Crippen LogP contribution in [0.2, 0.25) is 0 Å². The fraction of sp³-hybridized carbons (Fsp3) is 0.500. The Hall–Kier alpha value is -2.95. The molecule has 0 aliphatic carbocycles. The number of rotatable bonds is 7. The first kappa shape index (κ1) is 28.3. The Bertz CT molecular complexity index is 1120. The third-order valence-electron chi connectivity index (χ3n) is 5.13.